The second-order valence-electron chi connectivity index (χ2n) is 7.14. The second kappa shape index (κ2) is 8.52. The van der Waals surface area contributed by atoms with Gasteiger partial charge in [0.25, 0.3) is 5.91 Å². The number of amides is 1. The van der Waals surface area contributed by atoms with Gasteiger partial charge in [-0.05, 0) is 50.2 Å². The third-order valence-corrected chi connectivity index (χ3v) is 5.86. The number of carbonyl (C=O) groups excluding carboxylic acids is 1. The molecule has 0 aliphatic heterocycles. The minimum atomic E-state index is -4.81. The number of aromatic nitrogens is 1. The van der Waals surface area contributed by atoms with Gasteiger partial charge in [-0.15, -0.1) is 0 Å². The first-order valence-electron chi connectivity index (χ1n) is 9.32. The van der Waals surface area contributed by atoms with Crippen molar-refractivity contribution in [2.75, 3.05) is 12.4 Å². The van der Waals surface area contributed by atoms with Gasteiger partial charge < -0.3 is 14.6 Å². The Bertz CT molecular complexity index is 1350. The van der Waals surface area contributed by atoms with Gasteiger partial charge in [-0.25, -0.2) is 17.9 Å². The average molecular weight is 485 g/mol. The van der Waals surface area contributed by atoms with Crippen LogP contribution in [-0.4, -0.2) is 26.0 Å². The lowest BCUT2D eigenvalue weighted by molar-refractivity contribution is -0.137. The molecule has 1 heterocycles. The van der Waals surface area contributed by atoms with Crippen molar-refractivity contribution < 1.29 is 35.5 Å². The van der Waals surface area contributed by atoms with Gasteiger partial charge in [-0.1, -0.05) is 0 Å². The fraction of sp³-hybridized carbons (Fsp3) is 0.190. The number of halogens is 4. The summed E-state index contributed by atoms with van der Waals surface area (Å²) in [5.41, 5.74) is -0.755. The van der Waals surface area contributed by atoms with Crippen LogP contribution in [0, 0.1) is 19.7 Å². The number of carbonyl (C=O) groups is 1. The lowest BCUT2D eigenvalue weighted by atomic mass is 10.1. The number of alkyl halides is 3. The molecule has 3 rings (SSSR count). The SMILES string of the molecule is COc1cc(NC(=O)c2cc(C)n(-c3ccc(F)cc3C(F)(F)F)c2C)ccc1S(N)(=O)=O. The Kier molecular flexibility index (Phi) is 6.27. The molecule has 3 aromatic rings. The highest BCUT2D eigenvalue weighted by molar-refractivity contribution is 7.89. The number of ether oxygens (including phenoxy) is 1. The predicted molar refractivity (Wildman–Crippen MR) is 113 cm³/mol. The van der Waals surface area contributed by atoms with Crippen LogP contribution in [0.15, 0.2) is 47.4 Å². The molecule has 0 aliphatic rings. The fourth-order valence-electron chi connectivity index (χ4n) is 3.47. The zero-order chi connectivity index (χ0) is 24.7. The average Bonchev–Trinajstić information content (AvgIpc) is 3.00. The number of hydrogen-bond donors (Lipinski definition) is 2. The third kappa shape index (κ3) is 4.86. The van der Waals surface area contributed by atoms with Crippen LogP contribution in [0.2, 0.25) is 0 Å². The van der Waals surface area contributed by atoms with Gasteiger partial charge in [0.1, 0.15) is 16.5 Å². The van der Waals surface area contributed by atoms with Crippen molar-refractivity contribution in [2.24, 2.45) is 5.14 Å². The van der Waals surface area contributed by atoms with E-state index in [1.807, 2.05) is 0 Å². The van der Waals surface area contributed by atoms with Gasteiger partial charge in [0, 0.05) is 23.1 Å². The molecule has 33 heavy (non-hydrogen) atoms. The van der Waals surface area contributed by atoms with E-state index < -0.39 is 33.5 Å². The monoisotopic (exact) mass is 485 g/mol. The maximum atomic E-state index is 13.5. The van der Waals surface area contributed by atoms with Gasteiger partial charge in [0.2, 0.25) is 10.0 Å². The summed E-state index contributed by atoms with van der Waals surface area (Å²) in [5.74, 6) is -1.79. The summed E-state index contributed by atoms with van der Waals surface area (Å²) >= 11 is 0. The molecule has 0 spiro atoms. The number of hydrogen-bond acceptors (Lipinski definition) is 4. The molecule has 7 nitrogen and oxygen atoms in total. The van der Waals surface area contributed by atoms with Crippen LogP contribution in [0.1, 0.15) is 27.3 Å². The number of benzene rings is 2. The van der Waals surface area contributed by atoms with Gasteiger partial charge in [0.05, 0.1) is 23.9 Å². The molecule has 12 heteroatoms. The van der Waals surface area contributed by atoms with Gasteiger partial charge in [0.15, 0.2) is 0 Å². The number of rotatable bonds is 5. The number of methoxy groups -OCH3 is 1. The molecule has 0 radical (unpaired) electrons. The minimum Gasteiger partial charge on any atom is -0.495 e. The van der Waals surface area contributed by atoms with Crippen molar-refractivity contribution in [3.63, 3.8) is 0 Å². The van der Waals surface area contributed by atoms with Crippen LogP contribution in [0.5, 0.6) is 5.75 Å². The Morgan fingerprint density at radius 1 is 1.09 bits per heavy atom. The second-order valence-corrected chi connectivity index (χ2v) is 8.67. The van der Waals surface area contributed by atoms with Crippen LogP contribution in [0.3, 0.4) is 0 Å². The Labute approximate surface area is 186 Å². The summed E-state index contributed by atoms with van der Waals surface area (Å²) in [7, 11) is -2.84. The number of sulfonamides is 1. The Hall–Kier alpha value is -3.38. The summed E-state index contributed by atoms with van der Waals surface area (Å²) in [6.07, 6.45) is -4.81. The first kappa shape index (κ1) is 24.3. The number of nitrogens with zero attached hydrogens (tertiary/aromatic N) is 1. The molecule has 0 atom stereocenters. The highest BCUT2D eigenvalue weighted by atomic mass is 32.2. The molecular weight excluding hydrogens is 466 g/mol. The molecule has 0 aliphatic carbocycles. The Morgan fingerprint density at radius 3 is 2.33 bits per heavy atom. The lowest BCUT2D eigenvalue weighted by Crippen LogP contribution is -2.16. The quantitative estimate of drug-likeness (QED) is 0.530. The van der Waals surface area contributed by atoms with E-state index in [1.165, 1.54) is 43.7 Å². The summed E-state index contributed by atoms with van der Waals surface area (Å²) in [4.78, 5) is 12.6. The van der Waals surface area contributed by atoms with Crippen molar-refractivity contribution in [2.45, 2.75) is 24.9 Å². The number of nitrogens with one attached hydrogen (secondary N) is 1. The standard InChI is InChI=1S/C21H19F4N3O4S/c1-11-8-15(12(2)28(11)17-6-4-13(22)9-16(17)21(23,24)25)20(29)27-14-5-7-19(33(26,30)31)18(10-14)32-3/h4-10H,1-3H3,(H,27,29)(H2,26,30,31). The molecule has 1 aromatic heterocycles. The van der Waals surface area contributed by atoms with Gasteiger partial charge >= 0.3 is 6.18 Å². The largest absolute Gasteiger partial charge is 0.495 e. The maximum absolute atomic E-state index is 13.5. The highest BCUT2D eigenvalue weighted by Crippen LogP contribution is 2.36. The smallest absolute Gasteiger partial charge is 0.418 e. The summed E-state index contributed by atoms with van der Waals surface area (Å²) in [5, 5.41) is 7.67. The van der Waals surface area contributed by atoms with E-state index in [4.69, 9.17) is 9.88 Å². The molecule has 0 unspecified atom stereocenters. The fourth-order valence-corrected chi connectivity index (χ4v) is 4.15. The van der Waals surface area contributed by atoms with Gasteiger partial charge in [-0.3, -0.25) is 4.79 Å². The van der Waals surface area contributed by atoms with E-state index in [2.05, 4.69) is 5.32 Å². The summed E-state index contributed by atoms with van der Waals surface area (Å²) < 4.78 is 83.4. The van der Waals surface area contributed by atoms with Crippen LogP contribution in [-0.2, 0) is 16.2 Å². The lowest BCUT2D eigenvalue weighted by Gasteiger charge is -2.17. The number of nitrogens with two attached hydrogens (primary N) is 1. The maximum Gasteiger partial charge on any atom is 0.418 e. The summed E-state index contributed by atoms with van der Waals surface area (Å²) in [6, 6.07) is 7.39. The van der Waals surface area contributed by atoms with E-state index in [0.717, 1.165) is 18.2 Å². The van der Waals surface area contributed by atoms with Crippen molar-refractivity contribution >= 4 is 21.6 Å². The van der Waals surface area contributed by atoms with Crippen molar-refractivity contribution in [1.82, 2.24) is 4.57 Å². The van der Waals surface area contributed by atoms with Crippen LogP contribution >= 0.6 is 0 Å². The molecule has 176 valence electrons. The van der Waals surface area contributed by atoms with Crippen molar-refractivity contribution in [1.29, 1.82) is 0 Å². The normalized spacial score (nSPS) is 12.0. The zero-order valence-corrected chi connectivity index (χ0v) is 18.4. The van der Waals surface area contributed by atoms with Crippen molar-refractivity contribution in [3.05, 3.63) is 70.8 Å². The number of primary sulfonamides is 1. The topological polar surface area (TPSA) is 103 Å². The molecule has 1 amide bonds. The molecule has 0 fully saturated rings. The van der Waals surface area contributed by atoms with Crippen molar-refractivity contribution in [3.8, 4) is 11.4 Å². The molecular formula is C21H19F4N3O4S. The minimum absolute atomic E-state index is 0.0689. The molecule has 2 aromatic carbocycles. The van der Waals surface area contributed by atoms with E-state index in [9.17, 15) is 30.8 Å². The Balaban J connectivity index is 2.02. The molecule has 0 saturated carbocycles. The third-order valence-electron chi connectivity index (χ3n) is 4.91. The van der Waals surface area contributed by atoms with Crippen LogP contribution in [0.25, 0.3) is 5.69 Å². The molecule has 3 N–H and O–H groups in total. The molecule has 0 saturated heterocycles. The van der Waals surface area contributed by atoms with E-state index in [1.54, 1.807) is 0 Å². The van der Waals surface area contributed by atoms with E-state index >= 15 is 0 Å². The van der Waals surface area contributed by atoms with Gasteiger partial charge in [-0.2, -0.15) is 13.2 Å². The van der Waals surface area contributed by atoms with E-state index in [-0.39, 0.29) is 33.3 Å². The van der Waals surface area contributed by atoms with E-state index in [0.29, 0.717) is 11.8 Å². The predicted octanol–water partition coefficient (Wildman–Crippen LogP) is 4.16. The highest BCUT2D eigenvalue weighted by Gasteiger charge is 2.35. The molecule has 0 bridgehead atoms. The van der Waals surface area contributed by atoms with Crippen LogP contribution in [0.4, 0.5) is 23.2 Å². The Morgan fingerprint density at radius 2 is 1.76 bits per heavy atom. The number of aryl methyl sites for hydroxylation is 1. The van der Waals surface area contributed by atoms with Crippen LogP contribution < -0.4 is 15.2 Å². The zero-order valence-electron chi connectivity index (χ0n) is 17.6. The first-order chi connectivity index (χ1) is 15.2. The summed E-state index contributed by atoms with van der Waals surface area (Å²) in [6.45, 7) is 2.97. The number of anilines is 1. The first-order valence-corrected chi connectivity index (χ1v) is 10.9.